The molecule has 1 fully saturated rings. The summed E-state index contributed by atoms with van der Waals surface area (Å²) in [6.45, 7) is 3.84. The molecule has 40 heavy (non-hydrogen) atoms. The van der Waals surface area contributed by atoms with E-state index in [2.05, 4.69) is 16.8 Å². The molecule has 6 rings (SSSR count). The monoisotopic (exact) mass is 579 g/mol. The van der Waals surface area contributed by atoms with Gasteiger partial charge in [-0.1, -0.05) is 25.7 Å². The first-order valence-corrected chi connectivity index (χ1v) is 14.7. The summed E-state index contributed by atoms with van der Waals surface area (Å²) in [6.07, 6.45) is 3.03. The number of carboxylic acids is 1. The van der Waals surface area contributed by atoms with E-state index in [1.165, 1.54) is 17.5 Å². The minimum atomic E-state index is -1.80. The first kappa shape index (κ1) is 26.3. The second kappa shape index (κ2) is 10.3. The molecule has 1 aliphatic carbocycles. The molecular formula is C29H23F2N3O4S2. The van der Waals surface area contributed by atoms with Crippen LogP contribution in [0.5, 0.6) is 5.75 Å². The number of hydrogen-bond donors (Lipinski definition) is 1. The molecule has 4 aromatic rings. The van der Waals surface area contributed by atoms with Crippen molar-refractivity contribution < 1.29 is 27.1 Å². The van der Waals surface area contributed by atoms with E-state index >= 15 is 0 Å². The Kier molecular flexibility index (Phi) is 6.76. The molecule has 11 heteroatoms. The number of fused-ring (bicyclic) bond motifs is 1. The fraction of sp³-hybridized carbons (Fsp3) is 0.276. The Hall–Kier alpha value is -3.88. The maximum Gasteiger partial charge on any atom is 0.355 e. The first-order valence-electron chi connectivity index (χ1n) is 12.7. The number of carbonyl (C=O) groups is 1. The number of hydrogen-bond acceptors (Lipinski definition) is 6. The topological polar surface area (TPSA) is 94.3 Å². The van der Waals surface area contributed by atoms with Gasteiger partial charge in [0.25, 0.3) is 0 Å². The predicted octanol–water partition coefficient (Wildman–Crippen LogP) is 5.94. The lowest BCUT2D eigenvalue weighted by atomic mass is 9.96. The molecule has 1 atom stereocenters. The molecule has 2 aliphatic rings. The maximum atomic E-state index is 14.8. The molecule has 0 radical (unpaired) electrons. The van der Waals surface area contributed by atoms with Gasteiger partial charge in [-0.05, 0) is 61.1 Å². The molecule has 0 amide bonds. The van der Waals surface area contributed by atoms with Gasteiger partial charge in [0.2, 0.25) is 16.2 Å². The van der Waals surface area contributed by atoms with Gasteiger partial charge in [-0.2, -0.15) is 5.10 Å². The summed E-state index contributed by atoms with van der Waals surface area (Å²) in [6, 6.07) is 7.64. The van der Waals surface area contributed by atoms with Crippen LogP contribution >= 0.6 is 11.3 Å². The molecule has 1 saturated carbocycles. The van der Waals surface area contributed by atoms with E-state index in [1.807, 2.05) is 13.8 Å². The van der Waals surface area contributed by atoms with Crippen LogP contribution in [0.15, 0.2) is 40.6 Å². The summed E-state index contributed by atoms with van der Waals surface area (Å²) in [5.74, 6) is 4.44. The molecule has 1 unspecified atom stereocenters. The lowest BCUT2D eigenvalue weighted by Crippen LogP contribution is -2.16. The van der Waals surface area contributed by atoms with Gasteiger partial charge in [-0.25, -0.2) is 27.5 Å². The van der Waals surface area contributed by atoms with Crippen molar-refractivity contribution in [2.45, 2.75) is 44.4 Å². The lowest BCUT2D eigenvalue weighted by Gasteiger charge is -2.19. The first-order chi connectivity index (χ1) is 19.2. The summed E-state index contributed by atoms with van der Waals surface area (Å²) in [7, 11) is 0. The van der Waals surface area contributed by atoms with Gasteiger partial charge >= 0.3 is 5.97 Å². The van der Waals surface area contributed by atoms with Crippen molar-refractivity contribution in [3.63, 3.8) is 0 Å². The smallest absolute Gasteiger partial charge is 0.355 e. The van der Waals surface area contributed by atoms with Crippen molar-refractivity contribution >= 4 is 28.4 Å². The van der Waals surface area contributed by atoms with E-state index in [0.717, 1.165) is 35.4 Å². The molecule has 2 aromatic heterocycles. The normalized spacial score (nSPS) is 15.7. The Morgan fingerprint density at radius 1 is 1.25 bits per heavy atom. The highest BCUT2D eigenvalue weighted by atomic mass is 32.2. The quantitative estimate of drug-likeness (QED) is 0.273. The Labute approximate surface area is 235 Å². The Balaban J connectivity index is 1.53. The highest BCUT2D eigenvalue weighted by Crippen LogP contribution is 2.40. The maximum absolute atomic E-state index is 14.8. The fourth-order valence-electron chi connectivity index (χ4n) is 4.56. The van der Waals surface area contributed by atoms with Gasteiger partial charge in [0.05, 0.1) is 17.0 Å². The third-order valence-electron chi connectivity index (χ3n) is 6.68. The van der Waals surface area contributed by atoms with E-state index in [1.54, 1.807) is 22.9 Å². The van der Waals surface area contributed by atoms with Crippen LogP contribution in [0.3, 0.4) is 0 Å². The van der Waals surface area contributed by atoms with E-state index < -0.39 is 28.7 Å². The van der Waals surface area contributed by atoms with Crippen molar-refractivity contribution in [2.24, 2.45) is 11.8 Å². The number of thiazole rings is 1. The van der Waals surface area contributed by atoms with Crippen LogP contribution in [0.1, 0.15) is 59.6 Å². The number of nitrogens with zero attached hydrogens (tertiary/aromatic N) is 3. The number of rotatable bonds is 7. The molecule has 1 N–H and O–H groups in total. The van der Waals surface area contributed by atoms with Crippen molar-refractivity contribution in [2.75, 3.05) is 0 Å². The van der Waals surface area contributed by atoms with Gasteiger partial charge in [0, 0.05) is 28.8 Å². The zero-order valence-corrected chi connectivity index (χ0v) is 23.2. The molecule has 0 bridgehead atoms. The van der Waals surface area contributed by atoms with Crippen LogP contribution in [0.2, 0.25) is 0 Å². The molecular weight excluding hydrogens is 556 g/mol. The molecule has 0 saturated heterocycles. The van der Waals surface area contributed by atoms with Crippen molar-refractivity contribution in [1.29, 1.82) is 0 Å². The molecule has 7 nitrogen and oxygen atoms in total. The summed E-state index contributed by atoms with van der Waals surface area (Å²) in [5.41, 5.74) is 3.53. The summed E-state index contributed by atoms with van der Waals surface area (Å²) in [4.78, 5) is 15.9. The van der Waals surface area contributed by atoms with Gasteiger partial charge in [0.15, 0.2) is 16.3 Å². The van der Waals surface area contributed by atoms with Gasteiger partial charge < -0.3 is 9.29 Å². The zero-order chi connectivity index (χ0) is 28.1. The average molecular weight is 580 g/mol. The van der Waals surface area contributed by atoms with E-state index in [-0.39, 0.29) is 34.2 Å². The lowest BCUT2D eigenvalue weighted by molar-refractivity contribution is 0.0691. The van der Waals surface area contributed by atoms with Gasteiger partial charge in [0.1, 0.15) is 11.6 Å². The Bertz CT molecular complexity index is 1750. The Morgan fingerprint density at radius 3 is 2.70 bits per heavy atom. The van der Waals surface area contributed by atoms with Gasteiger partial charge in [-0.15, -0.1) is 11.3 Å². The van der Waals surface area contributed by atoms with Gasteiger partial charge in [-0.3, -0.25) is 0 Å². The minimum absolute atomic E-state index is 0.0498. The van der Waals surface area contributed by atoms with Crippen LogP contribution in [-0.4, -0.2) is 30.0 Å². The second-order valence-electron chi connectivity index (χ2n) is 10.2. The van der Waals surface area contributed by atoms with Crippen molar-refractivity contribution in [3.8, 4) is 34.0 Å². The SMILES string of the molecule is CC(C)C#Cc1cc(-c2nn(-c3nc(C(=O)O)cs3)c(CC3CC3)c2Cc2cc(F)c3c(c2)OS3=O)ccc1F. The Morgan fingerprint density at radius 2 is 2.05 bits per heavy atom. The van der Waals surface area contributed by atoms with E-state index in [0.29, 0.717) is 34.3 Å². The summed E-state index contributed by atoms with van der Waals surface area (Å²) >= 11 is -0.637. The predicted molar refractivity (Wildman–Crippen MR) is 146 cm³/mol. The molecule has 3 heterocycles. The second-order valence-corrected chi connectivity index (χ2v) is 12.1. The van der Waals surface area contributed by atoms with Crippen LogP contribution in [0.4, 0.5) is 8.78 Å². The van der Waals surface area contributed by atoms with Crippen LogP contribution in [-0.2, 0) is 23.9 Å². The number of aromatic nitrogens is 3. The zero-order valence-electron chi connectivity index (χ0n) is 21.5. The molecule has 0 spiro atoms. The standard InChI is InChI=1S/C29H23F2N3O4S2/c1-15(2)3-6-18-13-19(7-8-21(18)30)26-20(9-17-10-22(31)27-25(12-17)38-40(27)37)24(11-16-4-5-16)34(33-26)29-32-23(14-39-29)28(35)36/h7-8,10,12-16H,4-5,9,11H2,1-2H3,(H,35,36). The average Bonchev–Trinajstić information content (AvgIpc) is 3.45. The van der Waals surface area contributed by atoms with Crippen LogP contribution in [0.25, 0.3) is 16.4 Å². The third-order valence-corrected chi connectivity index (χ3v) is 8.56. The number of benzene rings is 2. The molecule has 2 aromatic carbocycles. The van der Waals surface area contributed by atoms with E-state index in [4.69, 9.17) is 9.28 Å². The van der Waals surface area contributed by atoms with Crippen molar-refractivity contribution in [1.82, 2.24) is 14.8 Å². The molecule has 1 aliphatic heterocycles. The fourth-order valence-corrected chi connectivity index (χ4v) is 6.07. The van der Waals surface area contributed by atoms with Crippen LogP contribution < -0.4 is 4.18 Å². The number of halogens is 2. The summed E-state index contributed by atoms with van der Waals surface area (Å²) < 4.78 is 48.0. The van der Waals surface area contributed by atoms with E-state index in [9.17, 15) is 22.9 Å². The highest BCUT2D eigenvalue weighted by Gasteiger charge is 2.32. The largest absolute Gasteiger partial charge is 0.476 e. The number of aromatic carboxylic acids is 1. The number of carboxylic acid groups (broad SMARTS) is 1. The van der Waals surface area contributed by atoms with Crippen molar-refractivity contribution in [3.05, 3.63) is 75.4 Å². The highest BCUT2D eigenvalue weighted by molar-refractivity contribution is 7.82. The third kappa shape index (κ3) is 5.05. The van der Waals surface area contributed by atoms with Crippen LogP contribution in [0, 0.1) is 35.3 Å². The minimum Gasteiger partial charge on any atom is -0.476 e. The molecule has 204 valence electrons. The summed E-state index contributed by atoms with van der Waals surface area (Å²) in [5, 5.41) is 16.2.